The highest BCUT2D eigenvalue weighted by molar-refractivity contribution is 6.82. The lowest BCUT2D eigenvalue weighted by atomic mass is 9.52. The minimum absolute atomic E-state index is 0.0545. The number of hydrogen-bond donors (Lipinski definition) is 3. The van der Waals surface area contributed by atoms with Crippen LogP contribution in [0, 0.1) is 0 Å². The van der Waals surface area contributed by atoms with Gasteiger partial charge in [-0.2, -0.15) is 0 Å². The van der Waals surface area contributed by atoms with Crippen molar-refractivity contribution in [1.82, 2.24) is 15.5 Å². The fourth-order valence-corrected chi connectivity index (χ4v) is 26.6. The Labute approximate surface area is 437 Å². The average Bonchev–Trinajstić information content (AvgIpc) is 1.63. The number of nitrogens with one attached hydrogen (secondary N) is 2. The van der Waals surface area contributed by atoms with Crippen LogP contribution in [0.1, 0.15) is 48.4 Å². The van der Waals surface area contributed by atoms with E-state index in [2.05, 4.69) is 22.5 Å². The largest absolute Gasteiger partial charge is 0.353 e. The monoisotopic (exact) mass is 988 g/mol. The van der Waals surface area contributed by atoms with Gasteiger partial charge in [-0.15, -0.1) is 0 Å². The summed E-state index contributed by atoms with van der Waals surface area (Å²) in [6, 6.07) is 0. The summed E-state index contributed by atoms with van der Waals surface area (Å²) < 4.78 is 0. The van der Waals surface area contributed by atoms with E-state index in [1.54, 1.807) is 313 Å². The van der Waals surface area contributed by atoms with Crippen LogP contribution >= 0.6 is 0 Å². The van der Waals surface area contributed by atoms with E-state index in [-0.39, 0.29) is 16.7 Å². The second kappa shape index (κ2) is 8.21. The van der Waals surface area contributed by atoms with Crippen LogP contribution in [0.25, 0.3) is 291 Å². The first-order chi connectivity index (χ1) is 39.2. The number of rotatable bonds is 11. The Morgan fingerprint density at radius 1 is 0.354 bits per heavy atom. The summed E-state index contributed by atoms with van der Waals surface area (Å²) in [6.07, 6.45) is 4.98. The Bertz CT molecular complexity index is 7210. The number of nitrogens with two attached hydrogens (primary N) is 1. The van der Waals surface area contributed by atoms with Gasteiger partial charge in [0.25, 0.3) is 0 Å². The highest BCUT2D eigenvalue weighted by Crippen LogP contribution is 2.85. The molecule has 5 heteroatoms. The van der Waals surface area contributed by atoms with Gasteiger partial charge in [0.2, 0.25) is 5.91 Å². The normalized spacial score (nSPS) is 21.8. The molecule has 28 aromatic carbocycles. The molecule has 2 atom stereocenters. The molecule has 5 aliphatic rings. The smallest absolute Gasteiger partial charge is 0.243 e. The molecule has 4 N–H and O–H groups in total. The third kappa shape index (κ3) is 2.06. The number of hydrogen-bond acceptors (Lipinski definition) is 4. The number of benzene rings is 17. The van der Waals surface area contributed by atoms with Crippen molar-refractivity contribution in [3.8, 4) is 0 Å². The van der Waals surface area contributed by atoms with Crippen molar-refractivity contribution in [1.29, 1.82) is 0 Å². The molecular formula is C74H28N4O. The number of amides is 1. The van der Waals surface area contributed by atoms with Crippen LogP contribution < -0.4 is 16.4 Å². The third-order valence-electron chi connectivity index (χ3n) is 27.1. The molecule has 1 amide bonds. The van der Waals surface area contributed by atoms with E-state index in [0.29, 0.717) is 6.54 Å². The zero-order valence-electron chi connectivity index (χ0n) is 42.1. The Hall–Kier alpha value is -8.45. The zero-order chi connectivity index (χ0) is 48.4. The van der Waals surface area contributed by atoms with Crippen LogP contribution in [0.15, 0.2) is 11.6 Å². The highest BCUT2D eigenvalue weighted by atomic mass is 16.1. The third-order valence-corrected chi connectivity index (χ3v) is 27.1. The first kappa shape index (κ1) is 33.1. The molecule has 350 valence electrons. The van der Waals surface area contributed by atoms with Crippen molar-refractivity contribution in [2.24, 2.45) is 5.73 Å². The molecule has 28 aromatic rings. The SMILES string of the molecule is C/C(=C\C(=O)NCCCCNCCCN)CN1CC23c4c5c6c7c8c9c(c%10c%11c2c2c%12c4c4c%13c5c5c7c7c8c8c%14c9c%10c9c%10c%11c2c2c%11c%12c4c4c%12c%13c5c5c7c7c8c8c%14c9c9c%10c2c2c%11c4c4c%12c5c7c5c8c9c2c45)C63C1. The van der Waals surface area contributed by atoms with Crippen LogP contribution in [0.5, 0.6) is 0 Å². The summed E-state index contributed by atoms with van der Waals surface area (Å²) in [4.78, 5) is 16.9. The van der Waals surface area contributed by atoms with Crippen molar-refractivity contribution in [2.45, 2.75) is 37.0 Å². The molecule has 0 radical (unpaired) electrons. The zero-order valence-corrected chi connectivity index (χ0v) is 42.1. The first-order valence-corrected chi connectivity index (χ1v) is 30.0. The van der Waals surface area contributed by atoms with Crippen molar-refractivity contribution >= 4 is 297 Å². The molecule has 4 aliphatic carbocycles. The summed E-state index contributed by atoms with van der Waals surface area (Å²) in [5.41, 5.74) is 13.3. The molecule has 2 spiro atoms. The predicted molar refractivity (Wildman–Crippen MR) is 333 cm³/mol. The second-order valence-electron chi connectivity index (χ2n) is 28.6. The minimum atomic E-state index is -0.279. The molecule has 1 fully saturated rings. The Kier molecular flexibility index (Phi) is 3.44. The molecule has 5 nitrogen and oxygen atoms in total. The molecule has 1 aliphatic heterocycles. The highest BCUT2D eigenvalue weighted by Gasteiger charge is 2.73. The molecule has 0 saturated carbocycles. The van der Waals surface area contributed by atoms with Crippen LogP contribution in [0.2, 0.25) is 0 Å². The Balaban J connectivity index is 0.880. The van der Waals surface area contributed by atoms with Gasteiger partial charge in [0.05, 0.1) is 10.8 Å². The maximum Gasteiger partial charge on any atom is 0.243 e. The van der Waals surface area contributed by atoms with Crippen LogP contribution in [0.3, 0.4) is 0 Å². The van der Waals surface area contributed by atoms with Crippen LogP contribution in [0.4, 0.5) is 0 Å². The minimum Gasteiger partial charge on any atom is -0.353 e. The summed E-state index contributed by atoms with van der Waals surface area (Å²) in [7, 11) is 0. The number of unbranched alkanes of at least 4 members (excludes halogenated alkanes) is 1. The first-order valence-electron chi connectivity index (χ1n) is 30.0. The summed E-state index contributed by atoms with van der Waals surface area (Å²) in [6.45, 7) is 8.36. The average molecular weight is 989 g/mol. The predicted octanol–water partition coefficient (Wildman–Crippen LogP) is 16.4. The van der Waals surface area contributed by atoms with Gasteiger partial charge in [-0.1, -0.05) is 5.57 Å². The van der Waals surface area contributed by atoms with E-state index in [9.17, 15) is 4.79 Å². The maximum atomic E-state index is 13.9. The topological polar surface area (TPSA) is 70.4 Å². The quantitative estimate of drug-likeness (QED) is 0.0686. The van der Waals surface area contributed by atoms with Crippen molar-refractivity contribution in [3.63, 3.8) is 0 Å². The van der Waals surface area contributed by atoms with Crippen molar-refractivity contribution < 1.29 is 4.79 Å². The van der Waals surface area contributed by atoms with Crippen molar-refractivity contribution in [2.75, 3.05) is 45.8 Å². The summed E-state index contributed by atoms with van der Waals surface area (Å²) >= 11 is 0. The Morgan fingerprint density at radius 2 is 0.582 bits per heavy atom. The fraction of sp³-hybridized carbons (Fsp3) is 0.176. The lowest BCUT2D eigenvalue weighted by molar-refractivity contribution is -0.116. The molecule has 2 unspecified atom stereocenters. The molecule has 79 heavy (non-hydrogen) atoms. The number of likely N-dealkylation sites (tertiary alicyclic amines) is 1. The summed E-state index contributed by atoms with van der Waals surface area (Å²) in [5.74, 6) is 0.0545. The number of carbonyl (C=O) groups excluding carboxylic acids is 1. The number of carbonyl (C=O) groups is 1. The lowest BCUT2D eigenvalue weighted by Crippen LogP contribution is -2.49. The molecule has 0 bridgehead atoms. The van der Waals surface area contributed by atoms with Gasteiger partial charge in [-0.3, -0.25) is 9.69 Å². The van der Waals surface area contributed by atoms with Crippen LogP contribution in [-0.4, -0.2) is 56.6 Å². The van der Waals surface area contributed by atoms with Gasteiger partial charge in [0.1, 0.15) is 0 Å². The van der Waals surface area contributed by atoms with E-state index in [0.717, 1.165) is 58.5 Å². The molecule has 1 heterocycles. The van der Waals surface area contributed by atoms with Crippen LogP contribution in [-0.2, 0) is 15.6 Å². The molecule has 33 rings (SSSR count). The van der Waals surface area contributed by atoms with E-state index < -0.39 is 0 Å². The van der Waals surface area contributed by atoms with E-state index >= 15 is 0 Å². The van der Waals surface area contributed by atoms with E-state index in [1.165, 1.54) is 5.57 Å². The lowest BCUT2D eigenvalue weighted by Gasteiger charge is -2.48. The van der Waals surface area contributed by atoms with Gasteiger partial charge in [-0.05, 0) is 359 Å². The fourth-order valence-electron chi connectivity index (χ4n) is 26.6. The second-order valence-corrected chi connectivity index (χ2v) is 28.6. The van der Waals surface area contributed by atoms with Crippen molar-refractivity contribution in [3.05, 3.63) is 33.9 Å². The van der Waals surface area contributed by atoms with E-state index in [1.807, 2.05) is 6.08 Å². The van der Waals surface area contributed by atoms with Gasteiger partial charge in [0.15, 0.2) is 0 Å². The molecule has 1 saturated heterocycles. The van der Waals surface area contributed by atoms with Gasteiger partial charge < -0.3 is 16.4 Å². The Morgan fingerprint density at radius 3 is 0.886 bits per heavy atom. The standard InChI is InChI=1S/C74H28N4O/c1-13(9-14(79)77-8-3-2-6-76-7-4-5-75)10-78-11-73-69-62-55-43-35-26-17-15-16-18-21(17)30-37(35)45-46-38(30)36-27(18)29-25-20(16)23-22-19(15)24-28(26)41(43)49-47-33(24)31(22)39-40-32(23)34(25)48-50-42(29)44(36)56-58(46)67(66(69)57(45)55)70-63(56)61(50)65-54(48)52(40)59-51(39)53(47)64(60(49)62)71(73)68(59)72(65)74(70,73)12-78/h9,76H,2-8,10-12,75H2,1H3,(H,77,79)/b13-9+. The number of nitrogens with zero attached hydrogens (tertiary/aromatic N) is 1. The summed E-state index contributed by atoms with van der Waals surface area (Å²) in [5, 5.41) is 96.0. The molecular weight excluding hydrogens is 961 g/mol. The van der Waals surface area contributed by atoms with Gasteiger partial charge >= 0.3 is 0 Å². The maximum absolute atomic E-state index is 13.9. The van der Waals surface area contributed by atoms with Gasteiger partial charge in [0, 0.05) is 32.3 Å². The van der Waals surface area contributed by atoms with E-state index in [4.69, 9.17) is 5.73 Å². The van der Waals surface area contributed by atoms with Gasteiger partial charge in [-0.25, -0.2) is 0 Å². The molecule has 0 aromatic heterocycles.